The summed E-state index contributed by atoms with van der Waals surface area (Å²) < 4.78 is 8.07. The number of nitrogens with one attached hydrogen (secondary N) is 1. The molecule has 1 saturated carbocycles. The summed E-state index contributed by atoms with van der Waals surface area (Å²) in [7, 11) is 1.76. The molecule has 1 N–H and O–H groups in total. The highest BCUT2D eigenvalue weighted by molar-refractivity contribution is 7.71. The first-order valence-corrected chi connectivity index (χ1v) is 5.39. The molecule has 0 radical (unpaired) electrons. The summed E-state index contributed by atoms with van der Waals surface area (Å²) in [5, 5.41) is 0. The molecule has 1 aromatic rings. The fourth-order valence-corrected chi connectivity index (χ4v) is 2.01. The molecular formula is C10H16N2OS. The van der Waals surface area contributed by atoms with Gasteiger partial charge >= 0.3 is 0 Å². The van der Waals surface area contributed by atoms with Crippen molar-refractivity contribution in [1.82, 2.24) is 9.55 Å². The summed E-state index contributed by atoms with van der Waals surface area (Å²) in [4.78, 5) is 3.02. The van der Waals surface area contributed by atoms with Gasteiger partial charge in [-0.25, -0.2) is 0 Å². The van der Waals surface area contributed by atoms with Gasteiger partial charge in [0.1, 0.15) is 0 Å². The maximum atomic E-state index is 5.17. The molecular weight excluding hydrogens is 196 g/mol. The lowest BCUT2D eigenvalue weighted by Crippen LogP contribution is -2.13. The van der Waals surface area contributed by atoms with Crippen LogP contribution >= 0.6 is 12.2 Å². The van der Waals surface area contributed by atoms with Crippen LogP contribution in [-0.4, -0.2) is 23.3 Å². The second-order valence-corrected chi connectivity index (χ2v) is 4.52. The summed E-state index contributed by atoms with van der Waals surface area (Å²) >= 11 is 5.17. The third-order valence-electron chi connectivity index (χ3n) is 3.02. The van der Waals surface area contributed by atoms with E-state index >= 15 is 0 Å². The Balaban J connectivity index is 1.97. The molecule has 1 aliphatic carbocycles. The van der Waals surface area contributed by atoms with Crippen LogP contribution in [0.15, 0.2) is 12.4 Å². The van der Waals surface area contributed by atoms with E-state index in [1.165, 1.54) is 12.8 Å². The third-order valence-corrected chi connectivity index (χ3v) is 3.37. The van der Waals surface area contributed by atoms with Crippen molar-refractivity contribution in [3.8, 4) is 0 Å². The fraction of sp³-hybridized carbons (Fsp3) is 0.700. The SMILES string of the molecule is COCCC1(Cn2cc[nH]c2=S)CC1. The van der Waals surface area contributed by atoms with E-state index in [9.17, 15) is 0 Å². The number of H-pyrrole nitrogens is 1. The minimum atomic E-state index is 0.469. The average molecular weight is 212 g/mol. The zero-order valence-electron chi connectivity index (χ0n) is 8.45. The molecule has 0 unspecified atom stereocenters. The van der Waals surface area contributed by atoms with Crippen molar-refractivity contribution in [2.45, 2.75) is 25.8 Å². The molecule has 0 spiro atoms. The Bertz CT molecular complexity index is 351. The molecule has 4 heteroatoms. The van der Waals surface area contributed by atoms with Crippen molar-refractivity contribution < 1.29 is 4.74 Å². The molecule has 2 rings (SSSR count). The number of aromatic nitrogens is 2. The van der Waals surface area contributed by atoms with E-state index in [2.05, 4.69) is 9.55 Å². The monoisotopic (exact) mass is 212 g/mol. The van der Waals surface area contributed by atoms with Crippen LogP contribution in [0, 0.1) is 10.2 Å². The van der Waals surface area contributed by atoms with Crippen molar-refractivity contribution in [2.24, 2.45) is 5.41 Å². The van der Waals surface area contributed by atoms with Crippen LogP contribution in [0.25, 0.3) is 0 Å². The summed E-state index contributed by atoms with van der Waals surface area (Å²) in [5.74, 6) is 0. The van der Waals surface area contributed by atoms with E-state index in [0.29, 0.717) is 5.41 Å². The highest BCUT2D eigenvalue weighted by atomic mass is 32.1. The van der Waals surface area contributed by atoms with Gasteiger partial charge in [-0.2, -0.15) is 0 Å². The zero-order chi connectivity index (χ0) is 10.0. The Morgan fingerprint density at radius 1 is 1.64 bits per heavy atom. The van der Waals surface area contributed by atoms with E-state index in [-0.39, 0.29) is 0 Å². The van der Waals surface area contributed by atoms with Crippen molar-refractivity contribution in [1.29, 1.82) is 0 Å². The maximum Gasteiger partial charge on any atom is 0.177 e. The number of hydrogen-bond donors (Lipinski definition) is 1. The Hall–Kier alpha value is -0.610. The highest BCUT2D eigenvalue weighted by Crippen LogP contribution is 2.50. The van der Waals surface area contributed by atoms with Gasteiger partial charge in [-0.15, -0.1) is 0 Å². The Kier molecular flexibility index (Phi) is 2.74. The predicted molar refractivity (Wildman–Crippen MR) is 57.8 cm³/mol. The van der Waals surface area contributed by atoms with Crippen molar-refractivity contribution in [3.63, 3.8) is 0 Å². The molecule has 0 aromatic carbocycles. The quantitative estimate of drug-likeness (QED) is 0.759. The molecule has 1 aliphatic rings. The molecule has 1 fully saturated rings. The van der Waals surface area contributed by atoms with Crippen molar-refractivity contribution in [2.75, 3.05) is 13.7 Å². The Labute approximate surface area is 89.1 Å². The predicted octanol–water partition coefficient (Wildman–Crippen LogP) is 2.36. The highest BCUT2D eigenvalue weighted by Gasteiger charge is 2.42. The molecule has 3 nitrogen and oxygen atoms in total. The molecule has 0 aliphatic heterocycles. The van der Waals surface area contributed by atoms with Gasteiger partial charge in [0.25, 0.3) is 0 Å². The topological polar surface area (TPSA) is 29.9 Å². The summed E-state index contributed by atoms with van der Waals surface area (Å²) in [6, 6.07) is 0. The Morgan fingerprint density at radius 3 is 2.93 bits per heavy atom. The van der Waals surface area contributed by atoms with Gasteiger partial charge in [-0.3, -0.25) is 0 Å². The second-order valence-electron chi connectivity index (χ2n) is 4.14. The second kappa shape index (κ2) is 3.87. The lowest BCUT2D eigenvalue weighted by molar-refractivity contribution is 0.166. The van der Waals surface area contributed by atoms with Crippen LogP contribution in [0.2, 0.25) is 0 Å². The van der Waals surface area contributed by atoms with Gasteiger partial charge < -0.3 is 14.3 Å². The first-order chi connectivity index (χ1) is 6.76. The molecule has 0 bridgehead atoms. The average Bonchev–Trinajstić information content (AvgIpc) is 2.83. The van der Waals surface area contributed by atoms with Crippen molar-refractivity contribution in [3.05, 3.63) is 17.2 Å². The zero-order valence-corrected chi connectivity index (χ0v) is 9.27. The number of hydrogen-bond acceptors (Lipinski definition) is 2. The van der Waals surface area contributed by atoms with E-state index in [1.54, 1.807) is 7.11 Å². The van der Waals surface area contributed by atoms with Crippen LogP contribution in [0.5, 0.6) is 0 Å². The third kappa shape index (κ3) is 2.07. The fourth-order valence-electron chi connectivity index (χ4n) is 1.82. The molecule has 14 heavy (non-hydrogen) atoms. The number of aromatic amines is 1. The summed E-state index contributed by atoms with van der Waals surface area (Å²) in [6.07, 6.45) is 7.69. The van der Waals surface area contributed by atoms with Crippen LogP contribution < -0.4 is 0 Å². The van der Waals surface area contributed by atoms with Crippen LogP contribution in [0.4, 0.5) is 0 Å². The molecule has 0 saturated heterocycles. The largest absolute Gasteiger partial charge is 0.385 e. The number of ether oxygens (including phenoxy) is 1. The summed E-state index contributed by atoms with van der Waals surface area (Å²) in [5.41, 5.74) is 0.469. The van der Waals surface area contributed by atoms with Crippen LogP contribution in [0.3, 0.4) is 0 Å². The number of imidazole rings is 1. The lowest BCUT2D eigenvalue weighted by atomic mass is 10.0. The molecule has 1 aromatic heterocycles. The van der Waals surface area contributed by atoms with E-state index in [0.717, 1.165) is 24.3 Å². The first-order valence-electron chi connectivity index (χ1n) is 4.99. The van der Waals surface area contributed by atoms with Gasteiger partial charge in [0.15, 0.2) is 4.77 Å². The van der Waals surface area contributed by atoms with Gasteiger partial charge in [0, 0.05) is 32.7 Å². The number of nitrogens with zero attached hydrogens (tertiary/aromatic N) is 1. The minimum Gasteiger partial charge on any atom is -0.385 e. The smallest absolute Gasteiger partial charge is 0.177 e. The minimum absolute atomic E-state index is 0.469. The Morgan fingerprint density at radius 2 is 2.43 bits per heavy atom. The van der Waals surface area contributed by atoms with Crippen molar-refractivity contribution >= 4 is 12.2 Å². The summed E-state index contributed by atoms with van der Waals surface area (Å²) in [6.45, 7) is 1.90. The number of rotatable bonds is 5. The standard InChI is InChI=1S/C10H16N2OS/c1-13-7-4-10(2-3-10)8-12-6-5-11-9(12)14/h5-6H,2-4,7-8H2,1H3,(H,11,14). The van der Waals surface area contributed by atoms with Gasteiger partial charge in [0.2, 0.25) is 0 Å². The van der Waals surface area contributed by atoms with Gasteiger partial charge in [-0.1, -0.05) is 0 Å². The van der Waals surface area contributed by atoms with Crippen LogP contribution in [-0.2, 0) is 11.3 Å². The molecule has 1 heterocycles. The van der Waals surface area contributed by atoms with E-state index in [1.807, 2.05) is 12.4 Å². The number of methoxy groups -OCH3 is 1. The lowest BCUT2D eigenvalue weighted by Gasteiger charge is -2.14. The molecule has 0 amide bonds. The van der Waals surface area contributed by atoms with Gasteiger partial charge in [0.05, 0.1) is 0 Å². The normalized spacial score (nSPS) is 18.4. The van der Waals surface area contributed by atoms with E-state index in [4.69, 9.17) is 17.0 Å². The van der Waals surface area contributed by atoms with E-state index < -0.39 is 0 Å². The van der Waals surface area contributed by atoms with Gasteiger partial charge in [-0.05, 0) is 36.9 Å². The van der Waals surface area contributed by atoms with Crippen LogP contribution in [0.1, 0.15) is 19.3 Å². The maximum absolute atomic E-state index is 5.17. The molecule has 0 atom stereocenters. The first kappa shape index (κ1) is 9.93. The molecule has 78 valence electrons.